The van der Waals surface area contributed by atoms with Gasteiger partial charge in [-0.3, -0.25) is 0 Å². The number of phenols is 1. The van der Waals surface area contributed by atoms with Gasteiger partial charge in [0.25, 0.3) is 0 Å². The fourth-order valence-corrected chi connectivity index (χ4v) is 10.6. The normalized spacial score (nSPS) is 29.0. The zero-order chi connectivity index (χ0) is 38.5. The van der Waals surface area contributed by atoms with Crippen LogP contribution in [0.5, 0.6) is 11.5 Å². The van der Waals surface area contributed by atoms with Gasteiger partial charge in [0.15, 0.2) is 0 Å². The van der Waals surface area contributed by atoms with Crippen LogP contribution in [0.1, 0.15) is 139 Å². The highest BCUT2D eigenvalue weighted by molar-refractivity contribution is 5.43. The minimum Gasteiger partial charge on any atom is -0.508 e. The average Bonchev–Trinajstić information content (AvgIpc) is 3.92. The van der Waals surface area contributed by atoms with Crippen molar-refractivity contribution in [2.45, 2.75) is 167 Å². The number of aliphatic hydroxyl groups is 4. The minimum atomic E-state index is -0.251. The van der Waals surface area contributed by atoms with E-state index in [0.29, 0.717) is 41.3 Å². The van der Waals surface area contributed by atoms with E-state index < -0.39 is 0 Å². The van der Waals surface area contributed by atoms with Crippen molar-refractivity contribution < 1.29 is 35.0 Å². The molecule has 0 amide bonds. The summed E-state index contributed by atoms with van der Waals surface area (Å²) in [5.41, 5.74) is 5.08. The largest absolute Gasteiger partial charge is 0.508 e. The maximum absolute atomic E-state index is 10.6. The second kappa shape index (κ2) is 22.0. The van der Waals surface area contributed by atoms with E-state index in [1.54, 1.807) is 13.2 Å². The number of rotatable bonds is 15. The van der Waals surface area contributed by atoms with Crippen molar-refractivity contribution in [3.63, 3.8) is 0 Å². The lowest BCUT2D eigenvalue weighted by molar-refractivity contribution is 0.0864. The zero-order valence-electron chi connectivity index (χ0n) is 33.8. The van der Waals surface area contributed by atoms with Gasteiger partial charge in [-0.1, -0.05) is 76.6 Å². The van der Waals surface area contributed by atoms with Gasteiger partial charge >= 0.3 is 0 Å². The van der Waals surface area contributed by atoms with Gasteiger partial charge in [-0.15, -0.1) is 0 Å². The van der Waals surface area contributed by atoms with Crippen LogP contribution in [0.3, 0.4) is 0 Å². The Morgan fingerprint density at radius 1 is 0.667 bits per heavy atom. The summed E-state index contributed by atoms with van der Waals surface area (Å²) in [5, 5.41) is 51.7. The number of aliphatic hydroxyl groups excluding tert-OH is 4. The summed E-state index contributed by atoms with van der Waals surface area (Å²) in [4.78, 5) is 0. The molecule has 10 atom stereocenters. The van der Waals surface area contributed by atoms with Crippen LogP contribution in [0.15, 0.2) is 36.4 Å². The number of hydrogen-bond donors (Lipinski definition) is 5. The molecular formula is C47H74O7. The Morgan fingerprint density at radius 3 is 1.65 bits per heavy atom. The van der Waals surface area contributed by atoms with Crippen LogP contribution in [0.25, 0.3) is 0 Å². The fourth-order valence-electron chi connectivity index (χ4n) is 10.6. The molecule has 0 bridgehead atoms. The van der Waals surface area contributed by atoms with Crippen LogP contribution in [0, 0.1) is 35.5 Å². The molecule has 5 aliphatic rings. The van der Waals surface area contributed by atoms with E-state index in [1.165, 1.54) is 55.2 Å². The van der Waals surface area contributed by atoms with Gasteiger partial charge in [-0.05, 0) is 160 Å². The molecule has 0 aromatic heterocycles. The van der Waals surface area contributed by atoms with Crippen LogP contribution in [-0.2, 0) is 30.4 Å². The predicted octanol–water partition coefficient (Wildman–Crippen LogP) is 8.75. The third-order valence-corrected chi connectivity index (χ3v) is 13.7. The molecule has 3 fully saturated rings. The Labute approximate surface area is 326 Å². The highest BCUT2D eigenvalue weighted by Gasteiger charge is 2.46. The molecule has 7 rings (SSSR count). The van der Waals surface area contributed by atoms with E-state index in [-0.39, 0.29) is 24.4 Å². The van der Waals surface area contributed by atoms with E-state index >= 15 is 0 Å². The molecule has 0 radical (unpaired) electrons. The first kappa shape index (κ1) is 43.0. The molecule has 0 spiro atoms. The number of phenolic OH excluding ortho intramolecular Hbond substituents is 1. The van der Waals surface area contributed by atoms with Crippen molar-refractivity contribution in [3.8, 4) is 11.5 Å². The lowest BCUT2D eigenvalue weighted by Crippen LogP contribution is -2.28. The van der Waals surface area contributed by atoms with Crippen molar-refractivity contribution in [1.29, 1.82) is 0 Å². The standard InChI is InChI=1S/C22H34O3.C21H32O3.C4H8O/c1-3-4-5-8-17(23)10-11-18-19-12-15-7-6-9-22(25-2)20(15)13-16(19)14-21(18)24;1-2-3-4-7-16(22)9-10-17-18-11-14-6-5-8-20(23)19(14)12-15(18)13-21(17)24;1-2-4-5-3-1/h6-7,9,16-19,21,23-24H,3-5,8,10-14H2,1-2H3;5-6,8,15-18,21-24H,2-4,7,9-13H2,1H3;1-4H2/t16-,17+,18+,19-,21+;15-,16+,17+,18-,21+;/m00./s1. The number of aromatic hydroxyl groups is 1. The smallest absolute Gasteiger partial charge is 0.122 e. The first-order valence-electron chi connectivity index (χ1n) is 22.0. The number of hydrogen-bond acceptors (Lipinski definition) is 7. The van der Waals surface area contributed by atoms with E-state index in [2.05, 4.69) is 38.1 Å². The molecule has 1 saturated heterocycles. The summed E-state index contributed by atoms with van der Waals surface area (Å²) in [5.74, 6) is 4.13. The van der Waals surface area contributed by atoms with E-state index in [0.717, 1.165) is 114 Å². The van der Waals surface area contributed by atoms with Crippen LogP contribution in [-0.4, -0.2) is 70.3 Å². The Hall–Kier alpha value is -2.16. The van der Waals surface area contributed by atoms with Crippen molar-refractivity contribution >= 4 is 0 Å². The number of benzene rings is 2. The molecular weight excluding hydrogens is 677 g/mol. The van der Waals surface area contributed by atoms with E-state index in [1.807, 2.05) is 6.07 Å². The molecule has 2 aromatic rings. The molecule has 4 aliphatic carbocycles. The van der Waals surface area contributed by atoms with Gasteiger partial charge in [0.1, 0.15) is 11.5 Å². The van der Waals surface area contributed by atoms with Crippen molar-refractivity contribution in [2.75, 3.05) is 20.3 Å². The van der Waals surface area contributed by atoms with Gasteiger partial charge in [0, 0.05) is 13.2 Å². The average molecular weight is 751 g/mol. The second-order valence-electron chi connectivity index (χ2n) is 17.4. The number of ether oxygens (including phenoxy) is 2. The Kier molecular flexibility index (Phi) is 17.5. The molecule has 5 N–H and O–H groups in total. The van der Waals surface area contributed by atoms with Crippen LogP contribution in [0.2, 0.25) is 0 Å². The lowest BCUT2D eigenvalue weighted by Gasteiger charge is -2.32. The monoisotopic (exact) mass is 751 g/mol. The third kappa shape index (κ3) is 11.7. The molecule has 1 aliphatic heterocycles. The van der Waals surface area contributed by atoms with Crippen LogP contribution >= 0.6 is 0 Å². The Morgan fingerprint density at radius 2 is 1.17 bits per heavy atom. The topological polar surface area (TPSA) is 120 Å². The number of unbranched alkanes of at least 4 members (excludes halogenated alkanes) is 4. The first-order valence-corrected chi connectivity index (χ1v) is 22.0. The number of fused-ring (bicyclic) bond motifs is 4. The van der Waals surface area contributed by atoms with Crippen molar-refractivity contribution in [1.82, 2.24) is 0 Å². The second-order valence-corrected chi connectivity index (χ2v) is 17.4. The van der Waals surface area contributed by atoms with Gasteiger partial charge in [-0.2, -0.15) is 0 Å². The summed E-state index contributed by atoms with van der Waals surface area (Å²) in [6.07, 6.45) is 19.6. The van der Waals surface area contributed by atoms with Gasteiger partial charge < -0.3 is 35.0 Å². The molecule has 7 nitrogen and oxygen atoms in total. The molecule has 304 valence electrons. The molecule has 1 heterocycles. The summed E-state index contributed by atoms with van der Waals surface area (Å²) in [7, 11) is 1.74. The summed E-state index contributed by atoms with van der Waals surface area (Å²) in [6.45, 7) is 6.37. The van der Waals surface area contributed by atoms with Crippen LogP contribution in [0.4, 0.5) is 0 Å². The van der Waals surface area contributed by atoms with Crippen LogP contribution < -0.4 is 4.74 Å². The minimum absolute atomic E-state index is 0.200. The molecule has 2 saturated carbocycles. The third-order valence-electron chi connectivity index (χ3n) is 13.7. The maximum atomic E-state index is 10.6. The van der Waals surface area contributed by atoms with Gasteiger partial charge in [0.05, 0.1) is 31.5 Å². The maximum Gasteiger partial charge on any atom is 0.122 e. The Balaban J connectivity index is 0.000000184. The molecule has 2 aromatic carbocycles. The lowest BCUT2D eigenvalue weighted by atomic mass is 9.73. The van der Waals surface area contributed by atoms with Gasteiger partial charge in [0.2, 0.25) is 0 Å². The summed E-state index contributed by atoms with van der Waals surface area (Å²) in [6, 6.07) is 12.2. The van der Waals surface area contributed by atoms with Crippen molar-refractivity contribution in [3.05, 3.63) is 58.7 Å². The molecule has 0 unspecified atom stereocenters. The van der Waals surface area contributed by atoms with Gasteiger partial charge in [-0.25, -0.2) is 0 Å². The van der Waals surface area contributed by atoms with E-state index in [4.69, 9.17) is 9.47 Å². The molecule has 54 heavy (non-hydrogen) atoms. The summed E-state index contributed by atoms with van der Waals surface area (Å²) >= 11 is 0. The highest BCUT2D eigenvalue weighted by atomic mass is 16.5. The highest BCUT2D eigenvalue weighted by Crippen LogP contribution is 2.49. The fraction of sp³-hybridized carbons (Fsp3) is 0.745. The quantitative estimate of drug-likeness (QED) is 0.116. The molecule has 7 heteroatoms. The zero-order valence-corrected chi connectivity index (χ0v) is 33.8. The first-order chi connectivity index (χ1) is 26.2. The SMILES string of the molecule is C1CCOC1.CCCCC[C@@H](O)CC[C@@H]1[C@H]2Cc3cccc(O)c3C[C@H]2C[C@H]1O.CCCCC[C@@H](O)CC[C@@H]1[C@H]2Cc3cccc(OC)c3C[C@H]2C[C@H]1O. The van der Waals surface area contributed by atoms with E-state index in [9.17, 15) is 25.5 Å². The predicted molar refractivity (Wildman–Crippen MR) is 217 cm³/mol. The summed E-state index contributed by atoms with van der Waals surface area (Å²) < 4.78 is 10.5. The Bertz CT molecular complexity index is 1370. The number of methoxy groups -OCH3 is 1. The van der Waals surface area contributed by atoms with Crippen molar-refractivity contribution in [2.24, 2.45) is 35.5 Å².